The zero-order chi connectivity index (χ0) is 21.5. The maximum atomic E-state index is 12.7. The average molecular weight is 411 g/mol. The first-order valence-electron chi connectivity index (χ1n) is 9.55. The second-order valence-electron chi connectivity index (χ2n) is 6.40. The van der Waals surface area contributed by atoms with Gasteiger partial charge in [0.2, 0.25) is 5.88 Å². The third-order valence-corrected chi connectivity index (χ3v) is 4.65. The van der Waals surface area contributed by atoms with Crippen LogP contribution in [0.25, 0.3) is 5.82 Å². The third kappa shape index (κ3) is 4.51. The summed E-state index contributed by atoms with van der Waals surface area (Å²) in [5, 5.41) is 15.3. The van der Waals surface area contributed by atoms with Gasteiger partial charge in [-0.05, 0) is 36.6 Å². The number of carbonyl (C=O) groups is 1. The van der Waals surface area contributed by atoms with Gasteiger partial charge in [0.1, 0.15) is 0 Å². The van der Waals surface area contributed by atoms with Crippen molar-refractivity contribution >= 4 is 5.91 Å². The summed E-state index contributed by atoms with van der Waals surface area (Å²) in [5.74, 6) is 2.09. The molecule has 30 heavy (non-hydrogen) atoms. The fourth-order valence-electron chi connectivity index (χ4n) is 3.09. The minimum Gasteiger partial charge on any atom is -0.493 e. The largest absolute Gasteiger partial charge is 0.493 e. The molecule has 9 nitrogen and oxygen atoms in total. The number of rotatable bonds is 9. The van der Waals surface area contributed by atoms with E-state index in [9.17, 15) is 4.79 Å². The highest BCUT2D eigenvalue weighted by Gasteiger charge is 2.18. The Balaban J connectivity index is 1.67. The monoisotopic (exact) mass is 411 g/mol. The van der Waals surface area contributed by atoms with Gasteiger partial charge < -0.3 is 19.5 Å². The van der Waals surface area contributed by atoms with Gasteiger partial charge in [0.15, 0.2) is 17.3 Å². The van der Waals surface area contributed by atoms with Crippen molar-refractivity contribution in [2.75, 3.05) is 27.9 Å². The number of nitrogens with zero attached hydrogens (tertiary/aromatic N) is 4. The summed E-state index contributed by atoms with van der Waals surface area (Å²) in [7, 11) is 4.72. The smallest absolute Gasteiger partial charge is 0.254 e. The Hall–Kier alpha value is -3.62. The first-order chi connectivity index (χ1) is 14.6. The number of hydrogen-bond donors (Lipinski definition) is 1. The van der Waals surface area contributed by atoms with E-state index in [1.807, 2.05) is 25.1 Å². The van der Waals surface area contributed by atoms with E-state index in [1.54, 1.807) is 37.2 Å². The van der Waals surface area contributed by atoms with Crippen molar-refractivity contribution < 1.29 is 19.0 Å². The molecule has 1 aromatic carbocycles. The Morgan fingerprint density at radius 2 is 1.83 bits per heavy atom. The third-order valence-electron chi connectivity index (χ3n) is 4.65. The highest BCUT2D eigenvalue weighted by Crippen LogP contribution is 2.27. The quantitative estimate of drug-likeness (QED) is 0.576. The Labute approximate surface area is 175 Å². The highest BCUT2D eigenvalue weighted by molar-refractivity contribution is 5.95. The molecule has 0 atom stereocenters. The van der Waals surface area contributed by atoms with Crippen molar-refractivity contribution in [2.24, 2.45) is 0 Å². The van der Waals surface area contributed by atoms with Crippen LogP contribution in [0.2, 0.25) is 0 Å². The molecule has 3 aromatic rings. The summed E-state index contributed by atoms with van der Waals surface area (Å²) < 4.78 is 17.2. The molecule has 2 heterocycles. The zero-order valence-corrected chi connectivity index (χ0v) is 17.5. The minimum atomic E-state index is -0.181. The molecule has 0 aliphatic rings. The zero-order valence-electron chi connectivity index (χ0n) is 17.5. The lowest BCUT2D eigenvalue weighted by atomic mass is 10.1. The van der Waals surface area contributed by atoms with Crippen molar-refractivity contribution in [2.45, 2.75) is 19.8 Å². The summed E-state index contributed by atoms with van der Waals surface area (Å²) >= 11 is 0. The van der Waals surface area contributed by atoms with Crippen molar-refractivity contribution in [1.82, 2.24) is 25.3 Å². The summed E-state index contributed by atoms with van der Waals surface area (Å²) in [6.07, 6.45) is 2.83. The van der Waals surface area contributed by atoms with Crippen LogP contribution in [0, 0.1) is 0 Å². The number of nitrogens with one attached hydrogen (secondary N) is 1. The molecule has 0 aliphatic carbocycles. The molecule has 2 aromatic heterocycles. The van der Waals surface area contributed by atoms with Gasteiger partial charge in [-0.2, -0.15) is 5.10 Å². The van der Waals surface area contributed by atoms with E-state index in [1.165, 1.54) is 7.11 Å². The molecule has 1 N–H and O–H groups in total. The highest BCUT2D eigenvalue weighted by atomic mass is 16.5. The van der Waals surface area contributed by atoms with Gasteiger partial charge in [0.05, 0.1) is 38.8 Å². The SMILES string of the molecule is CCc1c(C(=O)NCCc2ccc(OC)c(OC)c2)cnn1-c1ccc(OC)nn1. The Bertz CT molecular complexity index is 1000. The van der Waals surface area contributed by atoms with Crippen LogP contribution in [0.15, 0.2) is 36.5 Å². The molecule has 0 unspecified atom stereocenters. The molecule has 0 saturated heterocycles. The molecule has 9 heteroatoms. The molecule has 0 spiro atoms. The lowest BCUT2D eigenvalue weighted by Gasteiger charge is -2.10. The number of benzene rings is 1. The molecule has 0 fully saturated rings. The van der Waals surface area contributed by atoms with Gasteiger partial charge in [-0.25, -0.2) is 4.68 Å². The van der Waals surface area contributed by atoms with Crippen molar-refractivity contribution in [3.8, 4) is 23.2 Å². The van der Waals surface area contributed by atoms with Crippen LogP contribution >= 0.6 is 0 Å². The van der Waals surface area contributed by atoms with Gasteiger partial charge in [-0.1, -0.05) is 13.0 Å². The minimum absolute atomic E-state index is 0.181. The molecule has 158 valence electrons. The average Bonchev–Trinajstić information content (AvgIpc) is 3.23. The van der Waals surface area contributed by atoms with E-state index in [2.05, 4.69) is 20.6 Å². The molecule has 3 rings (SSSR count). The molecular formula is C21H25N5O4. The summed E-state index contributed by atoms with van der Waals surface area (Å²) in [6, 6.07) is 9.16. The normalized spacial score (nSPS) is 10.5. The predicted octanol–water partition coefficient (Wildman–Crippen LogP) is 2.22. The van der Waals surface area contributed by atoms with E-state index in [4.69, 9.17) is 14.2 Å². The van der Waals surface area contributed by atoms with Crippen molar-refractivity contribution in [3.05, 3.63) is 53.3 Å². The summed E-state index contributed by atoms with van der Waals surface area (Å²) in [5.41, 5.74) is 2.31. The van der Waals surface area contributed by atoms with E-state index >= 15 is 0 Å². The van der Waals surface area contributed by atoms with Crippen molar-refractivity contribution in [1.29, 1.82) is 0 Å². The van der Waals surface area contributed by atoms with Crippen LogP contribution in [0.3, 0.4) is 0 Å². The maximum absolute atomic E-state index is 12.7. The van der Waals surface area contributed by atoms with Gasteiger partial charge in [0, 0.05) is 12.6 Å². The van der Waals surface area contributed by atoms with Crippen LogP contribution in [0.1, 0.15) is 28.5 Å². The molecule has 1 amide bonds. The number of hydrogen-bond acceptors (Lipinski definition) is 7. The van der Waals surface area contributed by atoms with Crippen LogP contribution < -0.4 is 19.5 Å². The number of carbonyl (C=O) groups excluding carboxylic acids is 1. The first-order valence-corrected chi connectivity index (χ1v) is 9.55. The van der Waals surface area contributed by atoms with Crippen molar-refractivity contribution in [3.63, 3.8) is 0 Å². The first kappa shape index (κ1) is 21.1. The second-order valence-corrected chi connectivity index (χ2v) is 6.40. The Morgan fingerprint density at radius 3 is 2.47 bits per heavy atom. The van der Waals surface area contributed by atoms with E-state index in [0.29, 0.717) is 48.1 Å². The number of amides is 1. The number of methoxy groups -OCH3 is 3. The standard InChI is InChI=1S/C21H25N5O4/c1-5-16-15(13-23-26(16)19-8-9-20(30-4)25-24-19)21(27)22-11-10-14-6-7-17(28-2)18(12-14)29-3/h6-9,12-13H,5,10-11H2,1-4H3,(H,22,27). The van der Waals surface area contributed by atoms with Crippen LogP contribution in [0.4, 0.5) is 0 Å². The van der Waals surface area contributed by atoms with Gasteiger partial charge in [-0.3, -0.25) is 4.79 Å². The lowest BCUT2D eigenvalue weighted by molar-refractivity contribution is 0.0953. The summed E-state index contributed by atoms with van der Waals surface area (Å²) in [4.78, 5) is 12.7. The van der Waals surface area contributed by atoms with Gasteiger partial charge in [-0.15, -0.1) is 10.2 Å². The Kier molecular flexibility index (Phi) is 6.84. The van der Waals surface area contributed by atoms with E-state index < -0.39 is 0 Å². The van der Waals surface area contributed by atoms with Gasteiger partial charge in [0.25, 0.3) is 5.91 Å². The lowest BCUT2D eigenvalue weighted by Crippen LogP contribution is -2.26. The second kappa shape index (κ2) is 9.73. The van der Waals surface area contributed by atoms with Gasteiger partial charge >= 0.3 is 0 Å². The molecular weight excluding hydrogens is 386 g/mol. The number of aromatic nitrogens is 4. The van der Waals surface area contributed by atoms with Crippen LogP contribution in [0.5, 0.6) is 17.4 Å². The predicted molar refractivity (Wildman–Crippen MR) is 111 cm³/mol. The van der Waals surface area contributed by atoms with Crippen LogP contribution in [-0.2, 0) is 12.8 Å². The topological polar surface area (TPSA) is 100 Å². The maximum Gasteiger partial charge on any atom is 0.254 e. The van der Waals surface area contributed by atoms with E-state index in [-0.39, 0.29) is 5.91 Å². The fraction of sp³-hybridized carbons (Fsp3) is 0.333. The number of ether oxygens (including phenoxy) is 3. The van der Waals surface area contributed by atoms with E-state index in [0.717, 1.165) is 11.3 Å². The Morgan fingerprint density at radius 1 is 1.03 bits per heavy atom. The molecule has 0 aliphatic heterocycles. The molecule has 0 bridgehead atoms. The molecule has 0 radical (unpaired) electrons. The van der Waals surface area contributed by atoms with Crippen LogP contribution in [-0.4, -0.2) is 53.8 Å². The molecule has 0 saturated carbocycles. The summed E-state index contributed by atoms with van der Waals surface area (Å²) in [6.45, 7) is 2.44. The fourth-order valence-corrected chi connectivity index (χ4v) is 3.09.